The SMILES string of the molecule is CC1CCN(C(=O)/C=C/c2cccc(N)c2)C1. The predicted octanol–water partition coefficient (Wildman–Crippen LogP) is 2.15. The molecule has 2 N–H and O–H groups in total. The Hall–Kier alpha value is -1.77. The highest BCUT2D eigenvalue weighted by molar-refractivity contribution is 5.92. The fourth-order valence-electron chi connectivity index (χ4n) is 2.07. The van der Waals surface area contributed by atoms with Gasteiger partial charge in [0.05, 0.1) is 0 Å². The molecule has 1 aliphatic rings. The van der Waals surface area contributed by atoms with Gasteiger partial charge in [0.1, 0.15) is 0 Å². The van der Waals surface area contributed by atoms with Crippen molar-refractivity contribution in [3.05, 3.63) is 35.9 Å². The van der Waals surface area contributed by atoms with Gasteiger partial charge in [0.15, 0.2) is 0 Å². The molecule has 1 heterocycles. The second-order valence-corrected chi connectivity index (χ2v) is 4.68. The van der Waals surface area contributed by atoms with Gasteiger partial charge in [-0.25, -0.2) is 0 Å². The molecule has 0 radical (unpaired) electrons. The summed E-state index contributed by atoms with van der Waals surface area (Å²) in [7, 11) is 0. The first-order valence-electron chi connectivity index (χ1n) is 5.97. The van der Waals surface area contributed by atoms with E-state index in [1.165, 1.54) is 0 Å². The molecule has 0 saturated carbocycles. The van der Waals surface area contributed by atoms with E-state index in [1.54, 1.807) is 6.08 Å². The normalized spacial score (nSPS) is 20.1. The third-order valence-corrected chi connectivity index (χ3v) is 3.06. The molecule has 1 aromatic carbocycles. The van der Waals surface area contributed by atoms with E-state index < -0.39 is 0 Å². The van der Waals surface area contributed by atoms with E-state index in [9.17, 15) is 4.79 Å². The molecule has 3 heteroatoms. The average molecular weight is 230 g/mol. The summed E-state index contributed by atoms with van der Waals surface area (Å²) in [5.74, 6) is 0.719. The van der Waals surface area contributed by atoms with Crippen LogP contribution in [0.4, 0.5) is 5.69 Å². The molecule has 0 bridgehead atoms. The molecule has 0 spiro atoms. The van der Waals surface area contributed by atoms with E-state index in [-0.39, 0.29) is 5.91 Å². The van der Waals surface area contributed by atoms with E-state index >= 15 is 0 Å². The molecule has 1 unspecified atom stereocenters. The molecule has 0 aromatic heterocycles. The first kappa shape index (κ1) is 11.7. The van der Waals surface area contributed by atoms with E-state index in [0.29, 0.717) is 5.92 Å². The summed E-state index contributed by atoms with van der Waals surface area (Å²) < 4.78 is 0. The van der Waals surface area contributed by atoms with Crippen molar-refractivity contribution in [3.63, 3.8) is 0 Å². The molecular formula is C14H18N2O. The van der Waals surface area contributed by atoms with Gasteiger partial charge in [-0.2, -0.15) is 0 Å². The Morgan fingerprint density at radius 3 is 3.00 bits per heavy atom. The summed E-state index contributed by atoms with van der Waals surface area (Å²) in [4.78, 5) is 13.8. The minimum atomic E-state index is 0.0942. The zero-order chi connectivity index (χ0) is 12.3. The van der Waals surface area contributed by atoms with Gasteiger partial charge in [-0.1, -0.05) is 19.1 Å². The van der Waals surface area contributed by atoms with Gasteiger partial charge in [-0.05, 0) is 36.1 Å². The van der Waals surface area contributed by atoms with Crippen LogP contribution < -0.4 is 5.73 Å². The highest BCUT2D eigenvalue weighted by Crippen LogP contribution is 2.15. The van der Waals surface area contributed by atoms with Gasteiger partial charge in [0.2, 0.25) is 5.91 Å². The Kier molecular flexibility index (Phi) is 3.47. The predicted molar refractivity (Wildman–Crippen MR) is 70.2 cm³/mol. The third-order valence-electron chi connectivity index (χ3n) is 3.06. The topological polar surface area (TPSA) is 46.3 Å². The highest BCUT2D eigenvalue weighted by Gasteiger charge is 2.21. The fraction of sp³-hybridized carbons (Fsp3) is 0.357. The molecule has 17 heavy (non-hydrogen) atoms. The van der Waals surface area contributed by atoms with Crippen LogP contribution in [0.25, 0.3) is 6.08 Å². The number of carbonyl (C=O) groups is 1. The number of nitrogen functional groups attached to an aromatic ring is 1. The minimum Gasteiger partial charge on any atom is -0.399 e. The lowest BCUT2D eigenvalue weighted by atomic mass is 10.2. The molecule has 1 atom stereocenters. The number of carbonyl (C=O) groups excluding carboxylic acids is 1. The van der Waals surface area contributed by atoms with Crippen LogP contribution in [-0.4, -0.2) is 23.9 Å². The molecule has 1 fully saturated rings. The minimum absolute atomic E-state index is 0.0942. The van der Waals surface area contributed by atoms with E-state index in [2.05, 4.69) is 6.92 Å². The monoisotopic (exact) mass is 230 g/mol. The maximum absolute atomic E-state index is 11.9. The first-order chi connectivity index (χ1) is 8.15. The van der Waals surface area contributed by atoms with Crippen molar-refractivity contribution in [1.82, 2.24) is 4.90 Å². The van der Waals surface area contributed by atoms with Crippen LogP contribution in [0.5, 0.6) is 0 Å². The van der Waals surface area contributed by atoms with Crippen LogP contribution in [0.1, 0.15) is 18.9 Å². The number of likely N-dealkylation sites (tertiary alicyclic amines) is 1. The second-order valence-electron chi connectivity index (χ2n) is 4.68. The summed E-state index contributed by atoms with van der Waals surface area (Å²) in [6.45, 7) is 3.93. The molecular weight excluding hydrogens is 212 g/mol. The number of amides is 1. The smallest absolute Gasteiger partial charge is 0.246 e. The average Bonchev–Trinajstić information content (AvgIpc) is 2.73. The lowest BCUT2D eigenvalue weighted by Crippen LogP contribution is -2.26. The maximum atomic E-state index is 11.9. The van der Waals surface area contributed by atoms with Crippen LogP contribution in [0.2, 0.25) is 0 Å². The van der Waals surface area contributed by atoms with Crippen LogP contribution in [-0.2, 0) is 4.79 Å². The zero-order valence-corrected chi connectivity index (χ0v) is 10.1. The summed E-state index contributed by atoms with van der Waals surface area (Å²) in [6.07, 6.45) is 4.56. The van der Waals surface area contributed by atoms with Crippen molar-refractivity contribution in [2.45, 2.75) is 13.3 Å². The molecule has 2 rings (SSSR count). The number of nitrogens with zero attached hydrogens (tertiary/aromatic N) is 1. The van der Waals surface area contributed by atoms with Crippen LogP contribution >= 0.6 is 0 Å². The number of nitrogens with two attached hydrogens (primary N) is 1. The quantitative estimate of drug-likeness (QED) is 0.625. The van der Waals surface area contributed by atoms with Crippen molar-refractivity contribution in [2.24, 2.45) is 5.92 Å². The summed E-state index contributed by atoms with van der Waals surface area (Å²) in [6, 6.07) is 7.52. The largest absolute Gasteiger partial charge is 0.399 e. The van der Waals surface area contributed by atoms with Gasteiger partial charge < -0.3 is 10.6 Å². The summed E-state index contributed by atoms with van der Waals surface area (Å²) in [5.41, 5.74) is 7.36. The van der Waals surface area contributed by atoms with Crippen molar-refractivity contribution in [3.8, 4) is 0 Å². The Morgan fingerprint density at radius 1 is 1.53 bits per heavy atom. The van der Waals surface area contributed by atoms with Gasteiger partial charge in [0.25, 0.3) is 0 Å². The first-order valence-corrected chi connectivity index (χ1v) is 5.97. The van der Waals surface area contributed by atoms with Crippen molar-refractivity contribution >= 4 is 17.7 Å². The van der Waals surface area contributed by atoms with Gasteiger partial charge in [-0.15, -0.1) is 0 Å². The number of benzene rings is 1. The Morgan fingerprint density at radius 2 is 2.35 bits per heavy atom. The number of anilines is 1. The molecule has 3 nitrogen and oxygen atoms in total. The van der Waals surface area contributed by atoms with Crippen molar-refractivity contribution < 1.29 is 4.79 Å². The maximum Gasteiger partial charge on any atom is 0.246 e. The summed E-state index contributed by atoms with van der Waals surface area (Å²) in [5, 5.41) is 0. The number of hydrogen-bond acceptors (Lipinski definition) is 2. The Bertz CT molecular complexity index is 440. The lowest BCUT2D eigenvalue weighted by molar-refractivity contribution is -0.125. The molecule has 1 aromatic rings. The van der Waals surface area contributed by atoms with Crippen molar-refractivity contribution in [1.29, 1.82) is 0 Å². The highest BCUT2D eigenvalue weighted by atomic mass is 16.2. The fourth-order valence-corrected chi connectivity index (χ4v) is 2.07. The van der Waals surface area contributed by atoms with Crippen molar-refractivity contribution in [2.75, 3.05) is 18.8 Å². The lowest BCUT2D eigenvalue weighted by Gasteiger charge is -2.12. The van der Waals surface area contributed by atoms with Crippen LogP contribution in [0.15, 0.2) is 30.3 Å². The molecule has 1 aliphatic heterocycles. The van der Waals surface area contributed by atoms with Crippen LogP contribution in [0.3, 0.4) is 0 Å². The van der Waals surface area contributed by atoms with Gasteiger partial charge in [0, 0.05) is 24.9 Å². The Labute approximate surface area is 102 Å². The van der Waals surface area contributed by atoms with Gasteiger partial charge >= 0.3 is 0 Å². The molecule has 1 amide bonds. The van der Waals surface area contributed by atoms with Gasteiger partial charge in [-0.3, -0.25) is 4.79 Å². The number of rotatable bonds is 2. The molecule has 1 saturated heterocycles. The van der Waals surface area contributed by atoms with E-state index in [0.717, 1.165) is 30.8 Å². The summed E-state index contributed by atoms with van der Waals surface area (Å²) >= 11 is 0. The standard InChI is InChI=1S/C14H18N2O/c1-11-7-8-16(10-11)14(17)6-5-12-3-2-4-13(15)9-12/h2-6,9,11H,7-8,10,15H2,1H3/b6-5+. The number of hydrogen-bond donors (Lipinski definition) is 1. The van der Waals surface area contributed by atoms with Crippen LogP contribution in [0, 0.1) is 5.92 Å². The van der Waals surface area contributed by atoms with E-state index in [4.69, 9.17) is 5.73 Å². The Balaban J connectivity index is 1.98. The van der Waals surface area contributed by atoms with E-state index in [1.807, 2.05) is 35.2 Å². The zero-order valence-electron chi connectivity index (χ0n) is 10.1. The molecule has 90 valence electrons. The second kappa shape index (κ2) is 5.04. The third kappa shape index (κ3) is 3.09. The molecule has 0 aliphatic carbocycles.